The fraction of sp³-hybridized carbons (Fsp3) is 0.667. The lowest BCUT2D eigenvalue weighted by Gasteiger charge is -2.15. The summed E-state index contributed by atoms with van der Waals surface area (Å²) in [6.07, 6.45) is 0.249. The number of ketones is 1. The molecule has 0 spiro atoms. The minimum atomic E-state index is -0.262. The Kier molecular flexibility index (Phi) is 1.51. The van der Waals surface area contributed by atoms with Gasteiger partial charge in [-0.1, -0.05) is 6.92 Å². The Morgan fingerprint density at radius 1 is 1.56 bits per heavy atom. The number of esters is 1. The minimum absolute atomic E-state index is 0.0228. The molecule has 0 radical (unpaired) electrons. The maximum Gasteiger partial charge on any atom is 0.306 e. The molecular formula is C6H8O3. The van der Waals surface area contributed by atoms with Gasteiger partial charge in [0.05, 0.1) is 6.42 Å². The van der Waals surface area contributed by atoms with Crippen molar-refractivity contribution in [3.8, 4) is 0 Å². The molecule has 1 atom stereocenters. The topological polar surface area (TPSA) is 43.4 Å². The van der Waals surface area contributed by atoms with Gasteiger partial charge in [-0.2, -0.15) is 0 Å². The Hall–Kier alpha value is -0.860. The van der Waals surface area contributed by atoms with E-state index in [0.717, 1.165) is 0 Å². The third kappa shape index (κ3) is 1.28. The van der Waals surface area contributed by atoms with Crippen LogP contribution in [0.25, 0.3) is 0 Å². The van der Waals surface area contributed by atoms with Crippen LogP contribution in [0.15, 0.2) is 0 Å². The molecule has 1 aliphatic heterocycles. The molecule has 1 saturated heterocycles. The molecule has 0 bridgehead atoms. The van der Waals surface area contributed by atoms with Gasteiger partial charge in [0.25, 0.3) is 0 Å². The second kappa shape index (κ2) is 2.17. The quantitative estimate of drug-likeness (QED) is 0.436. The smallest absolute Gasteiger partial charge is 0.306 e. The van der Waals surface area contributed by atoms with Gasteiger partial charge in [-0.25, -0.2) is 0 Å². The van der Waals surface area contributed by atoms with Crippen molar-refractivity contribution in [2.24, 2.45) is 5.92 Å². The van der Waals surface area contributed by atoms with Crippen molar-refractivity contribution >= 4 is 11.8 Å². The van der Waals surface area contributed by atoms with E-state index in [1.807, 2.05) is 0 Å². The van der Waals surface area contributed by atoms with Crippen LogP contribution in [-0.2, 0) is 14.3 Å². The van der Waals surface area contributed by atoms with E-state index >= 15 is 0 Å². The van der Waals surface area contributed by atoms with E-state index in [2.05, 4.69) is 4.74 Å². The van der Waals surface area contributed by atoms with E-state index in [1.54, 1.807) is 6.92 Å². The van der Waals surface area contributed by atoms with Crippen LogP contribution < -0.4 is 0 Å². The zero-order valence-corrected chi connectivity index (χ0v) is 5.22. The molecule has 0 saturated carbocycles. The molecular weight excluding hydrogens is 120 g/mol. The molecule has 3 nitrogen and oxygen atoms in total. The van der Waals surface area contributed by atoms with Gasteiger partial charge in [0.2, 0.25) is 0 Å². The molecule has 0 aromatic heterocycles. The Bertz CT molecular complexity index is 150. The van der Waals surface area contributed by atoms with Crippen LogP contribution in [0.2, 0.25) is 0 Å². The van der Waals surface area contributed by atoms with Gasteiger partial charge >= 0.3 is 5.97 Å². The van der Waals surface area contributed by atoms with Gasteiger partial charge in [0.1, 0.15) is 6.61 Å². The second-order valence-corrected chi connectivity index (χ2v) is 2.23. The van der Waals surface area contributed by atoms with E-state index in [1.165, 1.54) is 0 Å². The number of hydrogen-bond acceptors (Lipinski definition) is 3. The maximum absolute atomic E-state index is 10.7. The molecule has 0 N–H and O–H groups in total. The lowest BCUT2D eigenvalue weighted by Crippen LogP contribution is -2.28. The average Bonchev–Trinajstić information content (AvgIpc) is 1.80. The van der Waals surface area contributed by atoms with Crippen LogP contribution in [0.3, 0.4) is 0 Å². The SMILES string of the molecule is CC1CC(=O)OCC1=O. The van der Waals surface area contributed by atoms with Crippen LogP contribution >= 0.6 is 0 Å². The highest BCUT2D eigenvalue weighted by Gasteiger charge is 2.23. The van der Waals surface area contributed by atoms with E-state index in [0.29, 0.717) is 0 Å². The Morgan fingerprint density at radius 2 is 2.22 bits per heavy atom. The zero-order valence-electron chi connectivity index (χ0n) is 5.22. The lowest BCUT2D eigenvalue weighted by molar-refractivity contribution is -0.156. The summed E-state index contributed by atoms with van der Waals surface area (Å²) in [5.74, 6) is -0.372. The Balaban J connectivity index is 2.54. The van der Waals surface area contributed by atoms with Gasteiger partial charge in [-0.05, 0) is 0 Å². The van der Waals surface area contributed by atoms with Crippen LogP contribution in [-0.4, -0.2) is 18.4 Å². The molecule has 1 rings (SSSR count). The molecule has 9 heavy (non-hydrogen) atoms. The Labute approximate surface area is 53.0 Å². The first-order valence-corrected chi connectivity index (χ1v) is 2.88. The summed E-state index contributed by atoms with van der Waals surface area (Å²) in [6.45, 7) is 1.71. The third-order valence-corrected chi connectivity index (χ3v) is 1.40. The molecule has 1 heterocycles. The molecule has 1 aliphatic rings. The molecule has 1 unspecified atom stereocenters. The molecule has 0 aliphatic carbocycles. The number of hydrogen-bond donors (Lipinski definition) is 0. The number of carbonyl (C=O) groups excluding carboxylic acids is 2. The van der Waals surface area contributed by atoms with Crippen LogP contribution in [0.5, 0.6) is 0 Å². The van der Waals surface area contributed by atoms with Crippen LogP contribution in [0.4, 0.5) is 0 Å². The predicted molar refractivity (Wildman–Crippen MR) is 29.7 cm³/mol. The summed E-state index contributed by atoms with van der Waals surface area (Å²) in [5.41, 5.74) is 0. The van der Waals surface area contributed by atoms with Crippen molar-refractivity contribution in [3.63, 3.8) is 0 Å². The van der Waals surface area contributed by atoms with E-state index in [9.17, 15) is 9.59 Å². The van der Waals surface area contributed by atoms with E-state index in [4.69, 9.17) is 0 Å². The zero-order chi connectivity index (χ0) is 6.85. The van der Waals surface area contributed by atoms with Crippen LogP contribution in [0.1, 0.15) is 13.3 Å². The highest BCUT2D eigenvalue weighted by Crippen LogP contribution is 2.10. The summed E-state index contributed by atoms with van der Waals surface area (Å²) in [4.78, 5) is 21.1. The Morgan fingerprint density at radius 3 is 2.67 bits per heavy atom. The highest BCUT2D eigenvalue weighted by atomic mass is 16.5. The normalized spacial score (nSPS) is 27.9. The van der Waals surface area contributed by atoms with Crippen molar-refractivity contribution in [1.29, 1.82) is 0 Å². The number of rotatable bonds is 0. The standard InChI is InChI=1S/C6H8O3/c1-4-2-6(8)9-3-5(4)7/h4H,2-3H2,1H3. The van der Waals surface area contributed by atoms with Crippen molar-refractivity contribution in [3.05, 3.63) is 0 Å². The predicted octanol–water partition coefficient (Wildman–Crippen LogP) is 0.139. The van der Waals surface area contributed by atoms with Gasteiger partial charge in [0.15, 0.2) is 5.78 Å². The molecule has 0 aromatic carbocycles. The number of carbonyl (C=O) groups is 2. The fourth-order valence-corrected chi connectivity index (χ4v) is 0.717. The van der Waals surface area contributed by atoms with Gasteiger partial charge in [0, 0.05) is 5.92 Å². The highest BCUT2D eigenvalue weighted by molar-refractivity contribution is 5.90. The average molecular weight is 128 g/mol. The first-order chi connectivity index (χ1) is 4.20. The molecule has 1 fully saturated rings. The summed E-state index contributed by atoms with van der Waals surface area (Å²) in [6, 6.07) is 0. The van der Waals surface area contributed by atoms with E-state index in [-0.39, 0.29) is 30.7 Å². The van der Waals surface area contributed by atoms with Crippen molar-refractivity contribution in [2.45, 2.75) is 13.3 Å². The largest absolute Gasteiger partial charge is 0.458 e. The monoisotopic (exact) mass is 128 g/mol. The van der Waals surface area contributed by atoms with Gasteiger partial charge in [-0.3, -0.25) is 9.59 Å². The minimum Gasteiger partial charge on any atom is -0.458 e. The molecule has 3 heteroatoms. The molecule has 0 amide bonds. The number of Topliss-reactive ketones (excluding diaryl/α,β-unsaturated/α-hetero) is 1. The van der Waals surface area contributed by atoms with E-state index < -0.39 is 0 Å². The molecule has 50 valence electrons. The summed E-state index contributed by atoms with van der Waals surface area (Å²) >= 11 is 0. The van der Waals surface area contributed by atoms with Crippen molar-refractivity contribution in [2.75, 3.05) is 6.61 Å². The first kappa shape index (κ1) is 6.26. The molecule has 0 aromatic rings. The van der Waals surface area contributed by atoms with Crippen LogP contribution in [0, 0.1) is 5.92 Å². The third-order valence-electron chi connectivity index (χ3n) is 1.40. The summed E-state index contributed by atoms with van der Waals surface area (Å²) in [7, 11) is 0. The summed E-state index contributed by atoms with van der Waals surface area (Å²) in [5, 5.41) is 0. The number of cyclic esters (lactones) is 1. The van der Waals surface area contributed by atoms with Crippen molar-refractivity contribution in [1.82, 2.24) is 0 Å². The first-order valence-electron chi connectivity index (χ1n) is 2.88. The van der Waals surface area contributed by atoms with Gasteiger partial charge < -0.3 is 4.74 Å². The van der Waals surface area contributed by atoms with Gasteiger partial charge in [-0.15, -0.1) is 0 Å². The maximum atomic E-state index is 10.7. The number of ether oxygens (including phenoxy) is 1. The fourth-order valence-electron chi connectivity index (χ4n) is 0.717. The second-order valence-electron chi connectivity index (χ2n) is 2.23. The lowest BCUT2D eigenvalue weighted by atomic mass is 10.0. The van der Waals surface area contributed by atoms with Crippen molar-refractivity contribution < 1.29 is 14.3 Å². The summed E-state index contributed by atoms with van der Waals surface area (Å²) < 4.78 is 4.47.